The van der Waals surface area contributed by atoms with Crippen molar-refractivity contribution in [2.75, 3.05) is 6.26 Å². The van der Waals surface area contributed by atoms with E-state index in [1.807, 2.05) is 30.4 Å². The van der Waals surface area contributed by atoms with E-state index in [1.54, 1.807) is 0 Å². The summed E-state index contributed by atoms with van der Waals surface area (Å²) in [5.41, 5.74) is 3.02. The number of nitrogens with zero attached hydrogens (tertiary/aromatic N) is 4. The Labute approximate surface area is 117 Å². The van der Waals surface area contributed by atoms with Crippen molar-refractivity contribution in [1.82, 2.24) is 19.3 Å². The van der Waals surface area contributed by atoms with E-state index in [0.717, 1.165) is 35.6 Å². The lowest BCUT2D eigenvalue weighted by atomic mass is 10.3. The molecule has 0 saturated heterocycles. The van der Waals surface area contributed by atoms with Crippen molar-refractivity contribution in [1.29, 1.82) is 0 Å². The number of aryl methyl sites for hydroxylation is 3. The minimum absolute atomic E-state index is 0.446. The summed E-state index contributed by atoms with van der Waals surface area (Å²) in [7, 11) is 1.96. The minimum atomic E-state index is 0.446. The van der Waals surface area contributed by atoms with Crippen molar-refractivity contribution < 1.29 is 0 Å². The number of thioether (sulfide) groups is 1. The Morgan fingerprint density at radius 1 is 1.44 bits per heavy atom. The van der Waals surface area contributed by atoms with Crippen LogP contribution in [0.3, 0.4) is 0 Å². The maximum Gasteiger partial charge on any atom is 0.158 e. The molecule has 6 heteroatoms. The Balaban J connectivity index is 2.40. The van der Waals surface area contributed by atoms with Crippen molar-refractivity contribution in [3.63, 3.8) is 0 Å². The molecule has 2 aromatic rings. The fourth-order valence-electron chi connectivity index (χ4n) is 2.15. The lowest BCUT2D eigenvalue weighted by molar-refractivity contribution is 0.614. The summed E-state index contributed by atoms with van der Waals surface area (Å²) in [5, 5.41) is 5.06. The lowest BCUT2D eigenvalue weighted by Gasteiger charge is -2.11. The first-order chi connectivity index (χ1) is 8.58. The molecule has 0 bridgehead atoms. The molecule has 0 radical (unpaired) electrons. The third-order valence-corrected chi connectivity index (χ3v) is 4.53. The van der Waals surface area contributed by atoms with Crippen LogP contribution in [0.1, 0.15) is 24.9 Å². The van der Waals surface area contributed by atoms with Gasteiger partial charge in [0.25, 0.3) is 0 Å². The monoisotopic (exact) mass is 286 g/mol. The highest BCUT2D eigenvalue weighted by Crippen LogP contribution is 2.21. The van der Waals surface area contributed by atoms with Gasteiger partial charge in [-0.15, -0.1) is 11.6 Å². The zero-order chi connectivity index (χ0) is 13.3. The molecule has 0 aliphatic rings. The number of aromatic nitrogens is 4. The van der Waals surface area contributed by atoms with Gasteiger partial charge in [-0.3, -0.25) is 4.68 Å². The largest absolute Gasteiger partial charge is 0.312 e. The first-order valence-electron chi connectivity index (χ1n) is 6.06. The van der Waals surface area contributed by atoms with Crippen LogP contribution >= 0.6 is 23.4 Å². The second-order valence-electron chi connectivity index (χ2n) is 4.53. The third kappa shape index (κ3) is 2.38. The van der Waals surface area contributed by atoms with Gasteiger partial charge in [0.15, 0.2) is 5.65 Å². The highest BCUT2D eigenvalue weighted by atomic mass is 35.5. The molecule has 1 unspecified atom stereocenters. The van der Waals surface area contributed by atoms with Crippen LogP contribution in [0.2, 0.25) is 0 Å². The van der Waals surface area contributed by atoms with Crippen LogP contribution in [0.25, 0.3) is 11.2 Å². The van der Waals surface area contributed by atoms with Crippen LogP contribution in [0.15, 0.2) is 0 Å². The number of fused-ring (bicyclic) bond motifs is 1. The van der Waals surface area contributed by atoms with Gasteiger partial charge in [0, 0.05) is 18.8 Å². The van der Waals surface area contributed by atoms with Crippen molar-refractivity contribution >= 4 is 34.5 Å². The van der Waals surface area contributed by atoms with E-state index >= 15 is 0 Å². The van der Waals surface area contributed by atoms with Crippen molar-refractivity contribution in [3.05, 3.63) is 11.5 Å². The van der Waals surface area contributed by atoms with Gasteiger partial charge in [0.05, 0.1) is 11.6 Å². The molecule has 0 spiro atoms. The Morgan fingerprint density at radius 3 is 2.78 bits per heavy atom. The molecule has 0 amide bonds. The molecule has 1 atom stereocenters. The molecule has 0 aromatic carbocycles. The van der Waals surface area contributed by atoms with Crippen LogP contribution < -0.4 is 0 Å². The van der Waals surface area contributed by atoms with E-state index in [2.05, 4.69) is 27.8 Å². The zero-order valence-corrected chi connectivity index (χ0v) is 12.8. The van der Waals surface area contributed by atoms with Crippen LogP contribution in [0, 0.1) is 6.92 Å². The average molecular weight is 287 g/mol. The molecule has 100 valence electrons. The number of imidazole rings is 1. The molecule has 2 rings (SSSR count). The standard InChI is InChI=1S/C12H19ClN4S/c1-8(18-4)5-6-17-10(7-13)14-11-9(2)15-16(3)12(11)17/h8H,5-7H2,1-4H3. The Hall–Kier alpha value is -0.680. The van der Waals surface area contributed by atoms with Crippen molar-refractivity contribution in [2.24, 2.45) is 7.05 Å². The molecule has 2 aromatic heterocycles. The average Bonchev–Trinajstić information content (AvgIpc) is 2.85. The molecule has 0 aliphatic heterocycles. The summed E-state index contributed by atoms with van der Waals surface area (Å²) in [4.78, 5) is 4.60. The van der Waals surface area contributed by atoms with Crippen molar-refractivity contribution in [2.45, 2.75) is 37.9 Å². The summed E-state index contributed by atoms with van der Waals surface area (Å²) in [5.74, 6) is 1.39. The van der Waals surface area contributed by atoms with Crippen molar-refractivity contribution in [3.8, 4) is 0 Å². The van der Waals surface area contributed by atoms with Gasteiger partial charge in [0.1, 0.15) is 11.3 Å². The molecule has 0 N–H and O–H groups in total. The van der Waals surface area contributed by atoms with Gasteiger partial charge in [-0.2, -0.15) is 16.9 Å². The number of alkyl halides is 1. The fraction of sp³-hybridized carbons (Fsp3) is 0.667. The Kier molecular flexibility index (Phi) is 4.22. The van der Waals surface area contributed by atoms with Gasteiger partial charge in [-0.25, -0.2) is 4.98 Å². The summed E-state index contributed by atoms with van der Waals surface area (Å²) in [6.45, 7) is 5.18. The quantitative estimate of drug-likeness (QED) is 0.793. The van der Waals surface area contributed by atoms with Gasteiger partial charge >= 0.3 is 0 Å². The number of hydrogen-bond donors (Lipinski definition) is 0. The van der Waals surface area contributed by atoms with Crippen LogP contribution in [0.5, 0.6) is 0 Å². The van der Waals surface area contributed by atoms with E-state index in [-0.39, 0.29) is 0 Å². The van der Waals surface area contributed by atoms with E-state index in [4.69, 9.17) is 11.6 Å². The van der Waals surface area contributed by atoms with Crippen LogP contribution in [-0.4, -0.2) is 30.8 Å². The topological polar surface area (TPSA) is 35.6 Å². The van der Waals surface area contributed by atoms with E-state index < -0.39 is 0 Å². The first-order valence-corrected chi connectivity index (χ1v) is 7.88. The molecule has 0 aliphatic carbocycles. The lowest BCUT2D eigenvalue weighted by Crippen LogP contribution is -2.10. The van der Waals surface area contributed by atoms with E-state index in [9.17, 15) is 0 Å². The smallest absolute Gasteiger partial charge is 0.158 e. The molecule has 0 fully saturated rings. The maximum absolute atomic E-state index is 6.00. The molecule has 0 saturated carbocycles. The number of halogens is 1. The Morgan fingerprint density at radius 2 is 2.17 bits per heavy atom. The van der Waals surface area contributed by atoms with Gasteiger partial charge in [-0.1, -0.05) is 6.92 Å². The predicted octanol–water partition coefficient (Wildman–Crippen LogP) is 2.96. The first kappa shape index (κ1) is 13.7. The van der Waals surface area contributed by atoms with E-state index in [0.29, 0.717) is 11.1 Å². The van der Waals surface area contributed by atoms with Crippen LogP contribution in [-0.2, 0) is 19.5 Å². The predicted molar refractivity (Wildman–Crippen MR) is 78.4 cm³/mol. The van der Waals surface area contributed by atoms with Gasteiger partial charge in [0.2, 0.25) is 0 Å². The maximum atomic E-state index is 6.00. The summed E-state index contributed by atoms with van der Waals surface area (Å²) in [6.07, 6.45) is 3.26. The number of rotatable bonds is 5. The highest BCUT2D eigenvalue weighted by molar-refractivity contribution is 7.99. The fourth-order valence-corrected chi connectivity index (χ4v) is 2.69. The molecular formula is C12H19ClN4S. The summed E-state index contributed by atoms with van der Waals surface area (Å²) >= 11 is 7.88. The van der Waals surface area contributed by atoms with Gasteiger partial charge < -0.3 is 4.57 Å². The molecular weight excluding hydrogens is 268 g/mol. The molecule has 18 heavy (non-hydrogen) atoms. The summed E-state index contributed by atoms with van der Waals surface area (Å²) < 4.78 is 4.10. The highest BCUT2D eigenvalue weighted by Gasteiger charge is 2.16. The van der Waals surface area contributed by atoms with Crippen LogP contribution in [0.4, 0.5) is 0 Å². The SMILES string of the molecule is CSC(C)CCn1c(CCl)nc2c(C)nn(C)c21. The molecule has 2 heterocycles. The zero-order valence-electron chi connectivity index (χ0n) is 11.3. The minimum Gasteiger partial charge on any atom is -0.312 e. The summed E-state index contributed by atoms with van der Waals surface area (Å²) in [6, 6.07) is 0. The van der Waals surface area contributed by atoms with E-state index in [1.165, 1.54) is 0 Å². The third-order valence-electron chi connectivity index (χ3n) is 3.25. The number of hydrogen-bond acceptors (Lipinski definition) is 3. The normalized spacial score (nSPS) is 13.4. The second kappa shape index (κ2) is 5.53. The second-order valence-corrected chi connectivity index (χ2v) is 6.07. The van der Waals surface area contributed by atoms with Gasteiger partial charge in [-0.05, 0) is 19.6 Å². The Bertz CT molecular complexity index is 546. The molecule has 4 nitrogen and oxygen atoms in total.